The lowest BCUT2D eigenvalue weighted by Gasteiger charge is -2.33. The van der Waals surface area contributed by atoms with E-state index in [1.807, 2.05) is 6.92 Å². The van der Waals surface area contributed by atoms with Crippen molar-refractivity contribution in [2.45, 2.75) is 59.2 Å². The molecule has 2 atom stereocenters. The predicted molar refractivity (Wildman–Crippen MR) is 161 cm³/mol. The lowest BCUT2D eigenvalue weighted by molar-refractivity contribution is -0.147. The SMILES string of the molecule is CC[C@@H]1CN(Cc2cc([C@@H](c3cnc4c(nnn4C)c3C)C(C)(C)C(=O)O)cc3ccsc23)Cc2nc(O)ccc2O1. The number of aromatic nitrogens is 5. The normalized spacial score (nSPS) is 16.7. The fourth-order valence-corrected chi connectivity index (χ4v) is 6.91. The first-order valence-corrected chi connectivity index (χ1v) is 14.9. The fraction of sp³-hybridized carbons (Fsp3) is 0.387. The van der Waals surface area contributed by atoms with Gasteiger partial charge in [0.1, 0.15) is 23.1 Å². The van der Waals surface area contributed by atoms with Gasteiger partial charge >= 0.3 is 5.97 Å². The van der Waals surface area contributed by atoms with E-state index in [0.29, 0.717) is 42.2 Å². The number of carboxylic acids is 1. The molecule has 218 valence electrons. The summed E-state index contributed by atoms with van der Waals surface area (Å²) in [4.78, 5) is 24.1. The predicted octanol–water partition coefficient (Wildman–Crippen LogP) is 5.40. The number of hydrogen-bond donors (Lipinski definition) is 2. The van der Waals surface area contributed by atoms with Gasteiger partial charge in [0.25, 0.3) is 0 Å². The minimum atomic E-state index is -1.15. The van der Waals surface area contributed by atoms with Crippen LogP contribution >= 0.6 is 11.3 Å². The van der Waals surface area contributed by atoms with Crippen LogP contribution < -0.4 is 4.74 Å². The molecule has 1 aromatic carbocycles. The Hall–Kier alpha value is -4.09. The van der Waals surface area contributed by atoms with Crippen molar-refractivity contribution in [3.63, 3.8) is 0 Å². The molecular formula is C31H34N6O4S. The highest BCUT2D eigenvalue weighted by Gasteiger charge is 2.41. The lowest BCUT2D eigenvalue weighted by atomic mass is 9.70. The zero-order valence-corrected chi connectivity index (χ0v) is 25.1. The van der Waals surface area contributed by atoms with Gasteiger partial charge in [0.2, 0.25) is 5.88 Å². The minimum Gasteiger partial charge on any atom is -0.493 e. The van der Waals surface area contributed by atoms with E-state index in [1.54, 1.807) is 55.2 Å². The van der Waals surface area contributed by atoms with Crippen LogP contribution in [0.5, 0.6) is 11.6 Å². The van der Waals surface area contributed by atoms with Gasteiger partial charge in [0, 0.05) is 49.6 Å². The number of thiophene rings is 1. The van der Waals surface area contributed by atoms with Gasteiger partial charge in [-0.05, 0) is 78.4 Å². The van der Waals surface area contributed by atoms with Gasteiger partial charge in [0.15, 0.2) is 5.65 Å². The maximum Gasteiger partial charge on any atom is 0.310 e. The standard InChI is InChI=1S/C31H34N6O4S/c1-6-21-15-37(16-23-24(41-21)7-8-25(38)33-23)14-20-12-19(11-18-9-10-42-28(18)20)26(31(3,4)30(39)40)22-13-32-29-27(17(22)2)34-35-36(29)5/h7-13,21,26H,6,14-16H2,1-5H3,(H,33,38)(H,39,40)/t21-,26+/m1/s1. The third-order valence-corrected chi connectivity index (χ3v) is 9.38. The highest BCUT2D eigenvalue weighted by atomic mass is 32.1. The van der Waals surface area contributed by atoms with Crippen molar-refractivity contribution in [3.05, 3.63) is 69.9 Å². The highest BCUT2D eigenvalue weighted by molar-refractivity contribution is 7.17. The molecule has 10 nitrogen and oxygen atoms in total. The first-order valence-electron chi connectivity index (χ1n) is 14.0. The topological polar surface area (TPSA) is 126 Å². The Labute approximate surface area is 247 Å². The van der Waals surface area contributed by atoms with Crippen LogP contribution in [0.25, 0.3) is 21.3 Å². The van der Waals surface area contributed by atoms with Crippen molar-refractivity contribution in [2.75, 3.05) is 6.54 Å². The summed E-state index contributed by atoms with van der Waals surface area (Å²) in [5.74, 6) is -0.719. The molecule has 4 aromatic heterocycles. The maximum absolute atomic E-state index is 12.8. The van der Waals surface area contributed by atoms with E-state index < -0.39 is 17.3 Å². The zero-order valence-electron chi connectivity index (χ0n) is 24.3. The molecule has 6 rings (SSSR count). The number of carboxylic acid groups (broad SMARTS) is 1. The molecule has 0 spiro atoms. The van der Waals surface area contributed by atoms with Crippen LogP contribution in [-0.2, 0) is 24.9 Å². The minimum absolute atomic E-state index is 0.0225. The molecule has 1 aliphatic rings. The van der Waals surface area contributed by atoms with E-state index in [4.69, 9.17) is 4.74 Å². The number of hydrogen-bond acceptors (Lipinski definition) is 9. The Morgan fingerprint density at radius 3 is 2.83 bits per heavy atom. The molecule has 0 bridgehead atoms. The molecule has 1 aliphatic heterocycles. The molecule has 5 aromatic rings. The first kappa shape index (κ1) is 28.0. The molecule has 0 saturated heterocycles. The van der Waals surface area contributed by atoms with Gasteiger partial charge in [-0.2, -0.15) is 0 Å². The number of aliphatic carboxylic acids is 1. The van der Waals surface area contributed by atoms with Crippen molar-refractivity contribution in [3.8, 4) is 11.6 Å². The van der Waals surface area contributed by atoms with E-state index >= 15 is 0 Å². The Morgan fingerprint density at radius 1 is 1.26 bits per heavy atom. The van der Waals surface area contributed by atoms with Gasteiger partial charge in [-0.3, -0.25) is 9.69 Å². The first-order chi connectivity index (χ1) is 20.1. The zero-order chi connectivity index (χ0) is 29.8. The van der Waals surface area contributed by atoms with Crippen LogP contribution in [0.1, 0.15) is 61.1 Å². The van der Waals surface area contributed by atoms with Crippen LogP contribution in [0.4, 0.5) is 0 Å². The Kier molecular flexibility index (Phi) is 7.10. The second-order valence-electron chi connectivity index (χ2n) is 11.6. The average Bonchev–Trinajstić information content (AvgIpc) is 3.53. The molecule has 0 unspecified atom stereocenters. The number of fused-ring (bicyclic) bond motifs is 3. The number of rotatable bonds is 7. The molecule has 2 N–H and O–H groups in total. The number of carbonyl (C=O) groups is 1. The van der Waals surface area contributed by atoms with Crippen molar-refractivity contribution in [1.29, 1.82) is 0 Å². The summed E-state index contributed by atoms with van der Waals surface area (Å²) >= 11 is 1.68. The molecule has 0 radical (unpaired) electrons. The molecule has 11 heteroatoms. The van der Waals surface area contributed by atoms with Crippen LogP contribution in [0.15, 0.2) is 41.9 Å². The summed E-state index contributed by atoms with van der Waals surface area (Å²) in [7, 11) is 1.79. The molecule has 0 saturated carbocycles. The molecule has 0 amide bonds. The molecular weight excluding hydrogens is 552 g/mol. The summed E-state index contributed by atoms with van der Waals surface area (Å²) < 4.78 is 9.03. The summed E-state index contributed by atoms with van der Waals surface area (Å²) in [6, 6.07) is 9.69. The number of nitrogens with zero attached hydrogens (tertiary/aromatic N) is 6. The fourth-order valence-electron chi connectivity index (χ4n) is 6.02. The summed E-state index contributed by atoms with van der Waals surface area (Å²) in [5, 5.41) is 32.1. The second kappa shape index (κ2) is 10.6. The van der Waals surface area contributed by atoms with Gasteiger partial charge < -0.3 is 14.9 Å². The number of aromatic hydroxyl groups is 1. The molecule has 0 fully saturated rings. The van der Waals surface area contributed by atoms with E-state index in [9.17, 15) is 15.0 Å². The van der Waals surface area contributed by atoms with Gasteiger partial charge in [0.05, 0.1) is 5.41 Å². The van der Waals surface area contributed by atoms with Crippen LogP contribution in [0.2, 0.25) is 0 Å². The molecule has 42 heavy (non-hydrogen) atoms. The third-order valence-electron chi connectivity index (χ3n) is 8.37. The number of ether oxygens (including phenoxy) is 1. The average molecular weight is 587 g/mol. The summed E-state index contributed by atoms with van der Waals surface area (Å²) in [6.45, 7) is 9.43. The summed E-state index contributed by atoms with van der Waals surface area (Å²) in [6.07, 6.45) is 2.59. The van der Waals surface area contributed by atoms with E-state index in [-0.39, 0.29) is 12.0 Å². The Morgan fingerprint density at radius 2 is 2.07 bits per heavy atom. The van der Waals surface area contributed by atoms with Crippen LogP contribution in [-0.4, -0.2) is 58.7 Å². The van der Waals surface area contributed by atoms with E-state index in [1.165, 1.54) is 0 Å². The maximum atomic E-state index is 12.8. The smallest absolute Gasteiger partial charge is 0.310 e. The van der Waals surface area contributed by atoms with Gasteiger partial charge in [-0.25, -0.2) is 14.6 Å². The van der Waals surface area contributed by atoms with Crippen molar-refractivity contribution in [2.24, 2.45) is 12.5 Å². The third kappa shape index (κ3) is 4.86. The molecule has 0 aliphatic carbocycles. The summed E-state index contributed by atoms with van der Waals surface area (Å²) in [5.41, 5.74) is 4.59. The lowest BCUT2D eigenvalue weighted by Crippen LogP contribution is -2.33. The molecule has 5 heterocycles. The Balaban J connectivity index is 1.47. The Bertz CT molecular complexity index is 1810. The number of pyridine rings is 2. The van der Waals surface area contributed by atoms with Gasteiger partial charge in [-0.15, -0.1) is 16.4 Å². The van der Waals surface area contributed by atoms with Crippen LogP contribution in [0, 0.1) is 12.3 Å². The monoisotopic (exact) mass is 586 g/mol. The van der Waals surface area contributed by atoms with Crippen LogP contribution in [0.3, 0.4) is 0 Å². The van der Waals surface area contributed by atoms with E-state index in [0.717, 1.165) is 38.8 Å². The van der Waals surface area contributed by atoms with Crippen molar-refractivity contribution >= 4 is 38.6 Å². The quantitative estimate of drug-likeness (QED) is 0.258. The van der Waals surface area contributed by atoms with Crippen molar-refractivity contribution < 1.29 is 19.7 Å². The number of benzene rings is 1. The van der Waals surface area contributed by atoms with E-state index in [2.05, 4.69) is 55.7 Å². The van der Waals surface area contributed by atoms with Gasteiger partial charge in [-0.1, -0.05) is 18.2 Å². The largest absolute Gasteiger partial charge is 0.493 e. The highest BCUT2D eigenvalue weighted by Crippen LogP contribution is 2.45. The second-order valence-corrected chi connectivity index (χ2v) is 12.6. The van der Waals surface area contributed by atoms with Crippen molar-refractivity contribution in [1.82, 2.24) is 29.9 Å². The number of aryl methyl sites for hydroxylation is 2.